The Labute approximate surface area is 149 Å². The number of hydrogen-bond donors (Lipinski definition) is 0. The van der Waals surface area contributed by atoms with Crippen molar-refractivity contribution in [1.82, 2.24) is 9.55 Å². The molecule has 0 saturated heterocycles. The highest BCUT2D eigenvalue weighted by atomic mass is 16.3. The number of benzene rings is 3. The maximum atomic E-state index is 6.32. The quantitative estimate of drug-likeness (QED) is 0.365. The number of nitrogens with zero attached hydrogens (tertiary/aromatic N) is 2. The summed E-state index contributed by atoms with van der Waals surface area (Å²) in [6.07, 6.45) is 3.66. The third-order valence-electron chi connectivity index (χ3n) is 5.10. The van der Waals surface area contributed by atoms with Gasteiger partial charge in [0, 0.05) is 39.6 Å². The van der Waals surface area contributed by atoms with Crippen molar-refractivity contribution in [3.05, 3.63) is 85.2 Å². The highest BCUT2D eigenvalue weighted by Gasteiger charge is 2.18. The summed E-state index contributed by atoms with van der Waals surface area (Å²) in [5.74, 6) is 0. The van der Waals surface area contributed by atoms with Gasteiger partial charge in [-0.1, -0.05) is 42.5 Å². The molecule has 3 aromatic heterocycles. The molecule has 0 radical (unpaired) electrons. The summed E-state index contributed by atoms with van der Waals surface area (Å²) >= 11 is 0. The maximum Gasteiger partial charge on any atom is 0.160 e. The number of fused-ring (bicyclic) bond motifs is 7. The molecule has 0 spiro atoms. The van der Waals surface area contributed by atoms with Crippen LogP contribution in [0.3, 0.4) is 0 Å². The van der Waals surface area contributed by atoms with Crippen LogP contribution in [0.5, 0.6) is 0 Å². The fraction of sp³-hybridized carbons (Fsp3) is 0. The Morgan fingerprint density at radius 1 is 0.654 bits per heavy atom. The van der Waals surface area contributed by atoms with Gasteiger partial charge in [-0.2, -0.15) is 0 Å². The van der Waals surface area contributed by atoms with Gasteiger partial charge in [-0.05, 0) is 30.3 Å². The molecule has 0 N–H and O–H groups in total. The number of para-hydroxylation sites is 2. The van der Waals surface area contributed by atoms with Crippen LogP contribution in [0.25, 0.3) is 49.4 Å². The molecule has 3 heteroatoms. The van der Waals surface area contributed by atoms with E-state index in [1.165, 1.54) is 16.3 Å². The molecule has 26 heavy (non-hydrogen) atoms. The summed E-state index contributed by atoms with van der Waals surface area (Å²) < 4.78 is 8.60. The first-order valence-corrected chi connectivity index (χ1v) is 8.65. The molecule has 6 aromatic rings. The van der Waals surface area contributed by atoms with Crippen LogP contribution < -0.4 is 0 Å². The highest BCUT2D eigenvalue weighted by molar-refractivity contribution is 6.21. The van der Waals surface area contributed by atoms with Gasteiger partial charge in [0.1, 0.15) is 5.58 Å². The van der Waals surface area contributed by atoms with Crippen molar-refractivity contribution in [2.45, 2.75) is 0 Å². The lowest BCUT2D eigenvalue weighted by Gasteiger charge is -2.07. The van der Waals surface area contributed by atoms with E-state index in [-0.39, 0.29) is 0 Å². The molecule has 3 heterocycles. The number of aromatic nitrogens is 2. The molecular weight excluding hydrogens is 320 g/mol. The predicted molar refractivity (Wildman–Crippen MR) is 106 cm³/mol. The minimum atomic E-state index is 0.918. The van der Waals surface area contributed by atoms with E-state index in [2.05, 4.69) is 58.1 Å². The molecular formula is C23H14N2O. The lowest BCUT2D eigenvalue weighted by molar-refractivity contribution is 0.671. The molecule has 0 unspecified atom stereocenters. The second-order valence-electron chi connectivity index (χ2n) is 6.49. The van der Waals surface area contributed by atoms with Gasteiger partial charge in [-0.15, -0.1) is 0 Å². The molecule has 0 aliphatic heterocycles. The normalized spacial score (nSPS) is 11.8. The zero-order valence-electron chi connectivity index (χ0n) is 13.9. The summed E-state index contributed by atoms with van der Waals surface area (Å²) in [5, 5.41) is 4.72. The minimum Gasteiger partial charge on any atom is -0.454 e. The van der Waals surface area contributed by atoms with E-state index in [0.29, 0.717) is 0 Å². The molecule has 0 aliphatic carbocycles. The molecule has 0 amide bonds. The number of hydrogen-bond acceptors (Lipinski definition) is 2. The molecule has 0 atom stereocenters. The fourth-order valence-electron chi connectivity index (χ4n) is 3.99. The zero-order valence-corrected chi connectivity index (χ0v) is 13.9. The molecule has 122 valence electrons. The molecule has 0 aliphatic rings. The van der Waals surface area contributed by atoms with Crippen LogP contribution in [0.1, 0.15) is 0 Å². The summed E-state index contributed by atoms with van der Waals surface area (Å²) in [5.41, 5.74) is 5.20. The smallest absolute Gasteiger partial charge is 0.160 e. The van der Waals surface area contributed by atoms with Crippen molar-refractivity contribution in [1.29, 1.82) is 0 Å². The first kappa shape index (κ1) is 13.7. The average Bonchev–Trinajstić information content (AvgIpc) is 3.24. The van der Waals surface area contributed by atoms with E-state index >= 15 is 0 Å². The minimum absolute atomic E-state index is 0.918. The van der Waals surface area contributed by atoms with Crippen molar-refractivity contribution in [2.75, 3.05) is 0 Å². The van der Waals surface area contributed by atoms with Gasteiger partial charge >= 0.3 is 0 Å². The Bertz CT molecular complexity index is 1420. The van der Waals surface area contributed by atoms with Gasteiger partial charge in [-0.3, -0.25) is 4.98 Å². The fourth-order valence-corrected chi connectivity index (χ4v) is 3.99. The maximum absolute atomic E-state index is 6.32. The Balaban J connectivity index is 1.92. The third-order valence-corrected chi connectivity index (χ3v) is 5.10. The van der Waals surface area contributed by atoms with Crippen molar-refractivity contribution >= 4 is 43.7 Å². The monoisotopic (exact) mass is 334 g/mol. The van der Waals surface area contributed by atoms with E-state index in [1.807, 2.05) is 36.7 Å². The summed E-state index contributed by atoms with van der Waals surface area (Å²) in [7, 11) is 0. The summed E-state index contributed by atoms with van der Waals surface area (Å²) in [6.45, 7) is 0. The Morgan fingerprint density at radius 2 is 1.38 bits per heavy atom. The highest BCUT2D eigenvalue weighted by Crippen LogP contribution is 2.39. The Morgan fingerprint density at radius 3 is 2.27 bits per heavy atom. The van der Waals surface area contributed by atoms with Gasteiger partial charge in [0.25, 0.3) is 0 Å². The largest absolute Gasteiger partial charge is 0.454 e. The van der Waals surface area contributed by atoms with Crippen molar-refractivity contribution in [3.8, 4) is 5.69 Å². The van der Waals surface area contributed by atoms with Crippen LogP contribution >= 0.6 is 0 Å². The Hall–Kier alpha value is -3.59. The standard InChI is InChI=1S/C23H14N2O/c1-3-7-20-16(5-1)18-9-10-19-17-6-2-4-8-21(17)26-23(19)22(18)25(20)15-11-13-24-14-12-15/h1-14H. The second-order valence-corrected chi connectivity index (χ2v) is 6.49. The second kappa shape index (κ2) is 4.96. The lowest BCUT2D eigenvalue weighted by atomic mass is 10.1. The van der Waals surface area contributed by atoms with Crippen molar-refractivity contribution < 1.29 is 4.42 Å². The molecule has 6 rings (SSSR count). The Kier molecular flexibility index (Phi) is 2.61. The first-order chi connectivity index (χ1) is 12.9. The van der Waals surface area contributed by atoms with Crippen LogP contribution in [0.2, 0.25) is 0 Å². The van der Waals surface area contributed by atoms with Crippen LogP contribution in [0, 0.1) is 0 Å². The van der Waals surface area contributed by atoms with Gasteiger partial charge < -0.3 is 8.98 Å². The first-order valence-electron chi connectivity index (χ1n) is 8.65. The number of rotatable bonds is 1. The predicted octanol–water partition coefficient (Wildman–Crippen LogP) is 6.08. The van der Waals surface area contributed by atoms with E-state index in [1.54, 1.807) is 0 Å². The SMILES string of the molecule is c1ccc2c(c1)oc1c2ccc2c3ccccc3n(-c3ccncc3)c21. The van der Waals surface area contributed by atoms with E-state index in [9.17, 15) is 0 Å². The molecule has 3 nitrogen and oxygen atoms in total. The van der Waals surface area contributed by atoms with Crippen LogP contribution in [-0.4, -0.2) is 9.55 Å². The van der Waals surface area contributed by atoms with E-state index < -0.39 is 0 Å². The average molecular weight is 334 g/mol. The molecule has 0 fully saturated rings. The van der Waals surface area contributed by atoms with E-state index in [0.717, 1.165) is 33.1 Å². The summed E-state index contributed by atoms with van der Waals surface area (Å²) in [4.78, 5) is 4.18. The number of furan rings is 1. The number of pyridine rings is 1. The lowest BCUT2D eigenvalue weighted by Crippen LogP contribution is -1.93. The van der Waals surface area contributed by atoms with E-state index in [4.69, 9.17) is 4.42 Å². The van der Waals surface area contributed by atoms with Crippen molar-refractivity contribution in [3.63, 3.8) is 0 Å². The van der Waals surface area contributed by atoms with Crippen LogP contribution in [0.4, 0.5) is 0 Å². The van der Waals surface area contributed by atoms with Crippen LogP contribution in [-0.2, 0) is 0 Å². The molecule has 3 aromatic carbocycles. The van der Waals surface area contributed by atoms with Gasteiger partial charge in [0.05, 0.1) is 11.0 Å². The molecule has 0 bridgehead atoms. The summed E-state index contributed by atoms with van der Waals surface area (Å²) in [6, 6.07) is 25.2. The van der Waals surface area contributed by atoms with Crippen LogP contribution in [0.15, 0.2) is 89.6 Å². The topological polar surface area (TPSA) is 31.0 Å². The van der Waals surface area contributed by atoms with Gasteiger partial charge in [0.15, 0.2) is 5.58 Å². The van der Waals surface area contributed by atoms with Crippen molar-refractivity contribution in [2.24, 2.45) is 0 Å². The van der Waals surface area contributed by atoms with Gasteiger partial charge in [0.2, 0.25) is 0 Å². The van der Waals surface area contributed by atoms with Gasteiger partial charge in [-0.25, -0.2) is 0 Å². The zero-order chi connectivity index (χ0) is 17.1. The third kappa shape index (κ3) is 1.69. The molecule has 0 saturated carbocycles.